The van der Waals surface area contributed by atoms with E-state index in [9.17, 15) is 14.4 Å². The molecule has 0 radical (unpaired) electrons. The van der Waals surface area contributed by atoms with Crippen LogP contribution < -0.4 is 15.9 Å². The summed E-state index contributed by atoms with van der Waals surface area (Å²) < 4.78 is 11.6. The average molecular weight is 555 g/mol. The molecule has 3 N–H and O–H groups in total. The summed E-state index contributed by atoms with van der Waals surface area (Å²) in [6, 6.07) is 9.85. The zero-order chi connectivity index (χ0) is 28.2. The summed E-state index contributed by atoms with van der Waals surface area (Å²) in [5, 5.41) is 3.11. The molecule has 0 spiro atoms. The number of hydrogen-bond donors (Lipinski definition) is 2. The lowest BCUT2D eigenvalue weighted by Gasteiger charge is -2.31. The summed E-state index contributed by atoms with van der Waals surface area (Å²) in [6.45, 7) is 7.48. The number of carbonyl (C=O) groups excluding carboxylic acids is 3. The van der Waals surface area contributed by atoms with Crippen molar-refractivity contribution in [3.63, 3.8) is 0 Å². The van der Waals surface area contributed by atoms with Crippen LogP contribution in [0.1, 0.15) is 47.0 Å². The van der Waals surface area contributed by atoms with Crippen molar-refractivity contribution in [2.45, 2.75) is 64.7 Å². The molecule has 208 valence electrons. The Morgan fingerprint density at radius 1 is 1.15 bits per heavy atom. The summed E-state index contributed by atoms with van der Waals surface area (Å²) in [7, 11) is 0. The number of likely N-dealkylation sites (tertiary alicyclic amines) is 1. The van der Waals surface area contributed by atoms with Gasteiger partial charge in [0.05, 0.1) is 22.5 Å². The number of unbranched alkanes of at least 4 members (excludes halogenated alkanes) is 1. The van der Waals surface area contributed by atoms with E-state index < -0.39 is 35.8 Å². The van der Waals surface area contributed by atoms with Crippen LogP contribution in [0.5, 0.6) is 5.88 Å². The van der Waals surface area contributed by atoms with Crippen molar-refractivity contribution < 1.29 is 23.9 Å². The molecule has 1 aliphatic rings. The fourth-order valence-corrected chi connectivity index (χ4v) is 4.95. The van der Waals surface area contributed by atoms with Gasteiger partial charge in [0.15, 0.2) is 0 Å². The molecule has 12 heteroatoms. The number of hydrazine groups is 1. The molecule has 0 aliphatic carbocycles. The first-order valence-corrected chi connectivity index (χ1v) is 13.8. The number of rotatable bonds is 7. The van der Waals surface area contributed by atoms with Gasteiger partial charge in [-0.25, -0.2) is 30.0 Å². The minimum Gasteiger partial charge on any atom is -0.471 e. The monoisotopic (exact) mass is 554 g/mol. The molecule has 4 amide bonds. The quantitative estimate of drug-likeness (QED) is 0.414. The van der Waals surface area contributed by atoms with Crippen LogP contribution in [0.15, 0.2) is 41.8 Å². The van der Waals surface area contributed by atoms with E-state index in [4.69, 9.17) is 25.2 Å². The average Bonchev–Trinajstić information content (AvgIpc) is 3.55. The van der Waals surface area contributed by atoms with E-state index in [0.29, 0.717) is 23.5 Å². The van der Waals surface area contributed by atoms with E-state index in [1.54, 1.807) is 20.8 Å². The normalized spacial score (nSPS) is 17.2. The third kappa shape index (κ3) is 6.94. The Hall–Kier alpha value is -3.93. The van der Waals surface area contributed by atoms with Crippen molar-refractivity contribution in [1.29, 1.82) is 0 Å². The molecule has 0 bridgehead atoms. The van der Waals surface area contributed by atoms with Gasteiger partial charge in [0, 0.05) is 13.0 Å². The Labute approximate surface area is 231 Å². The molecule has 0 saturated carbocycles. The van der Waals surface area contributed by atoms with Gasteiger partial charge >= 0.3 is 12.1 Å². The minimum atomic E-state index is -0.925. The van der Waals surface area contributed by atoms with Crippen LogP contribution in [-0.2, 0) is 9.53 Å². The van der Waals surface area contributed by atoms with Crippen molar-refractivity contribution in [1.82, 2.24) is 25.3 Å². The third-order valence-corrected chi connectivity index (χ3v) is 6.88. The zero-order valence-electron chi connectivity index (χ0n) is 22.5. The highest BCUT2D eigenvalue weighted by atomic mass is 32.1. The zero-order valence-corrected chi connectivity index (χ0v) is 23.4. The van der Waals surface area contributed by atoms with Gasteiger partial charge in [-0.3, -0.25) is 4.79 Å². The van der Waals surface area contributed by atoms with E-state index in [1.165, 1.54) is 21.2 Å². The van der Waals surface area contributed by atoms with Crippen LogP contribution in [0.3, 0.4) is 0 Å². The Balaban J connectivity index is 1.58. The molecule has 3 aromatic rings. The summed E-state index contributed by atoms with van der Waals surface area (Å²) in [6.07, 6.45) is 0.259. The number of nitrogens with one attached hydrogen (secondary N) is 1. The van der Waals surface area contributed by atoms with Crippen LogP contribution in [0.4, 0.5) is 9.59 Å². The maximum absolute atomic E-state index is 13.6. The van der Waals surface area contributed by atoms with E-state index >= 15 is 0 Å². The molecule has 39 heavy (non-hydrogen) atoms. The van der Waals surface area contributed by atoms with Crippen molar-refractivity contribution in [3.8, 4) is 16.5 Å². The fraction of sp³-hybridized carbons (Fsp3) is 0.444. The lowest BCUT2D eigenvalue weighted by Crippen LogP contribution is -2.56. The van der Waals surface area contributed by atoms with E-state index in [0.717, 1.165) is 16.8 Å². The van der Waals surface area contributed by atoms with Crippen molar-refractivity contribution >= 4 is 40.4 Å². The molecular formula is C27H34N6O5S. The van der Waals surface area contributed by atoms with E-state index in [1.807, 2.05) is 48.7 Å². The lowest BCUT2D eigenvalue weighted by molar-refractivity contribution is -0.121. The molecule has 2 aromatic heterocycles. The van der Waals surface area contributed by atoms with Gasteiger partial charge in [-0.15, -0.1) is 11.3 Å². The van der Waals surface area contributed by atoms with Gasteiger partial charge < -0.3 is 20.1 Å². The molecular weight excluding hydrogens is 520 g/mol. The van der Waals surface area contributed by atoms with Gasteiger partial charge in [-0.2, -0.15) is 0 Å². The molecule has 1 aromatic carbocycles. The summed E-state index contributed by atoms with van der Waals surface area (Å²) in [5.74, 6) is -0.348. The third-order valence-electron chi connectivity index (χ3n) is 6.00. The number of fused-ring (bicyclic) bond motifs is 1. The van der Waals surface area contributed by atoms with Gasteiger partial charge in [0.1, 0.15) is 23.4 Å². The molecule has 11 nitrogen and oxygen atoms in total. The highest BCUT2D eigenvalue weighted by Crippen LogP contribution is 2.34. The Morgan fingerprint density at radius 3 is 2.49 bits per heavy atom. The number of nitrogens with zero attached hydrogens (tertiary/aromatic N) is 4. The Morgan fingerprint density at radius 2 is 1.87 bits per heavy atom. The second kappa shape index (κ2) is 11.9. The number of urea groups is 1. The van der Waals surface area contributed by atoms with Gasteiger partial charge in [-0.1, -0.05) is 31.5 Å². The minimum absolute atomic E-state index is 0.0729. The molecule has 2 atom stereocenters. The maximum Gasteiger partial charge on any atom is 0.426 e. The van der Waals surface area contributed by atoms with Gasteiger partial charge in [0.25, 0.3) is 0 Å². The topological polar surface area (TPSA) is 140 Å². The molecule has 3 heterocycles. The smallest absolute Gasteiger partial charge is 0.426 e. The number of benzene rings is 1. The molecule has 1 aliphatic heterocycles. The number of aromatic nitrogens is 2. The van der Waals surface area contributed by atoms with Crippen molar-refractivity contribution in [2.75, 3.05) is 13.1 Å². The van der Waals surface area contributed by atoms with Crippen LogP contribution in [0.25, 0.3) is 21.6 Å². The molecule has 4 rings (SSSR count). The second-order valence-electron chi connectivity index (χ2n) is 10.3. The Kier molecular flexibility index (Phi) is 8.54. The molecule has 1 fully saturated rings. The predicted octanol–water partition coefficient (Wildman–Crippen LogP) is 4.33. The largest absolute Gasteiger partial charge is 0.471 e. The standard InChI is InChI=1S/C27H34N6O5S/c1-5-6-13-33(31-25(35)38-27(2,3)4)26(36)32-16-17(15-20(32)23(28)34)37-24-22(21-12-9-14-39-21)29-18-10-7-8-11-19(18)30-24/h7-12,14,17,20H,5-6,13,15-16H2,1-4H3,(H2,28,34)(H,31,35)/t17-,20+/m1/s1. The number of nitrogens with two attached hydrogens (primary N) is 1. The number of hydrogen-bond acceptors (Lipinski definition) is 8. The van der Waals surface area contributed by atoms with Crippen molar-refractivity contribution in [2.24, 2.45) is 5.73 Å². The lowest BCUT2D eigenvalue weighted by atomic mass is 10.2. The summed E-state index contributed by atoms with van der Waals surface area (Å²) in [5.41, 5.74) is 9.46. The van der Waals surface area contributed by atoms with Crippen LogP contribution in [-0.4, -0.2) is 68.7 Å². The predicted molar refractivity (Wildman–Crippen MR) is 148 cm³/mol. The molecule has 0 unspecified atom stereocenters. The fourth-order valence-electron chi connectivity index (χ4n) is 4.24. The number of amides is 4. The van der Waals surface area contributed by atoms with E-state index in [-0.39, 0.29) is 19.5 Å². The number of primary amides is 1. The van der Waals surface area contributed by atoms with Crippen LogP contribution >= 0.6 is 11.3 Å². The van der Waals surface area contributed by atoms with Gasteiger partial charge in [-0.05, 0) is 50.8 Å². The van der Waals surface area contributed by atoms with E-state index in [2.05, 4.69) is 5.43 Å². The first-order valence-electron chi connectivity index (χ1n) is 12.9. The highest BCUT2D eigenvalue weighted by molar-refractivity contribution is 7.13. The Bertz CT molecular complexity index is 1330. The SMILES string of the molecule is CCCCN(NC(=O)OC(C)(C)C)C(=O)N1C[C@H](Oc2nc3ccccc3nc2-c2cccs2)C[C@H]1C(N)=O. The first kappa shape index (κ1) is 28.1. The van der Waals surface area contributed by atoms with Crippen molar-refractivity contribution in [3.05, 3.63) is 41.8 Å². The van der Waals surface area contributed by atoms with Crippen LogP contribution in [0.2, 0.25) is 0 Å². The second-order valence-corrected chi connectivity index (χ2v) is 11.2. The molecule has 1 saturated heterocycles. The first-order chi connectivity index (χ1) is 18.6. The number of thiophene rings is 1. The maximum atomic E-state index is 13.6. The number of carbonyl (C=O) groups is 3. The summed E-state index contributed by atoms with van der Waals surface area (Å²) >= 11 is 1.51. The van der Waals surface area contributed by atoms with Gasteiger partial charge in [0.2, 0.25) is 11.8 Å². The number of ether oxygens (including phenoxy) is 2. The van der Waals surface area contributed by atoms with Crippen LogP contribution in [0, 0.1) is 0 Å². The summed E-state index contributed by atoms with van der Waals surface area (Å²) in [4.78, 5) is 50.1. The highest BCUT2D eigenvalue weighted by Gasteiger charge is 2.42. The number of para-hydroxylation sites is 2.